The highest BCUT2D eigenvalue weighted by Crippen LogP contribution is 2.24. The molecular formula is C18H16N4O2. The molecule has 0 saturated heterocycles. The molecule has 0 fully saturated rings. The van der Waals surface area contributed by atoms with Gasteiger partial charge in [-0.1, -0.05) is 18.2 Å². The Morgan fingerprint density at radius 2 is 1.54 bits per heavy atom. The number of amides is 1. The van der Waals surface area contributed by atoms with Crippen LogP contribution in [0.1, 0.15) is 0 Å². The second kappa shape index (κ2) is 7.23. The Morgan fingerprint density at radius 1 is 0.917 bits per heavy atom. The van der Waals surface area contributed by atoms with Crippen LogP contribution in [0.25, 0.3) is 11.1 Å². The van der Waals surface area contributed by atoms with Gasteiger partial charge in [0.15, 0.2) is 0 Å². The SMILES string of the molecule is COC(=O)Nc1cc(-c2ccnc(Nc3ccccc3)c2)ccn1. The quantitative estimate of drug-likeness (QED) is 0.758. The third-order valence-electron chi connectivity index (χ3n) is 3.31. The normalized spacial score (nSPS) is 10.0. The molecule has 0 atom stereocenters. The molecule has 0 radical (unpaired) electrons. The van der Waals surface area contributed by atoms with Crippen LogP contribution in [0.4, 0.5) is 22.1 Å². The number of carbonyl (C=O) groups excluding carboxylic acids is 1. The van der Waals surface area contributed by atoms with Crippen LogP contribution < -0.4 is 10.6 Å². The second-order valence-corrected chi connectivity index (χ2v) is 4.97. The molecule has 2 heterocycles. The van der Waals surface area contributed by atoms with Gasteiger partial charge in [-0.3, -0.25) is 5.32 Å². The van der Waals surface area contributed by atoms with Gasteiger partial charge in [0, 0.05) is 18.1 Å². The second-order valence-electron chi connectivity index (χ2n) is 4.97. The molecule has 3 aromatic rings. The summed E-state index contributed by atoms with van der Waals surface area (Å²) in [5.41, 5.74) is 2.83. The molecule has 1 aromatic carbocycles. The molecule has 24 heavy (non-hydrogen) atoms. The fraction of sp³-hybridized carbons (Fsp3) is 0.0556. The molecule has 2 aromatic heterocycles. The van der Waals surface area contributed by atoms with E-state index < -0.39 is 6.09 Å². The van der Waals surface area contributed by atoms with Crippen LogP contribution in [0.15, 0.2) is 67.0 Å². The summed E-state index contributed by atoms with van der Waals surface area (Å²) in [7, 11) is 1.31. The van der Waals surface area contributed by atoms with Gasteiger partial charge in [-0.05, 0) is 47.5 Å². The maximum Gasteiger partial charge on any atom is 0.412 e. The maximum absolute atomic E-state index is 11.3. The van der Waals surface area contributed by atoms with Crippen LogP contribution >= 0.6 is 0 Å². The summed E-state index contributed by atoms with van der Waals surface area (Å²) in [6.45, 7) is 0. The van der Waals surface area contributed by atoms with E-state index in [1.54, 1.807) is 18.5 Å². The first-order valence-electron chi connectivity index (χ1n) is 7.34. The van der Waals surface area contributed by atoms with Crippen molar-refractivity contribution in [2.24, 2.45) is 0 Å². The number of ether oxygens (including phenoxy) is 1. The van der Waals surface area contributed by atoms with Crippen LogP contribution in [0.5, 0.6) is 0 Å². The minimum atomic E-state index is -0.555. The molecule has 120 valence electrons. The monoisotopic (exact) mass is 320 g/mol. The first-order valence-corrected chi connectivity index (χ1v) is 7.34. The minimum Gasteiger partial charge on any atom is -0.453 e. The van der Waals surface area contributed by atoms with E-state index in [0.717, 1.165) is 22.6 Å². The van der Waals surface area contributed by atoms with Crippen molar-refractivity contribution in [2.75, 3.05) is 17.7 Å². The van der Waals surface area contributed by atoms with Gasteiger partial charge in [0.25, 0.3) is 0 Å². The molecule has 2 N–H and O–H groups in total. The van der Waals surface area contributed by atoms with Gasteiger partial charge in [0.1, 0.15) is 11.6 Å². The maximum atomic E-state index is 11.3. The van der Waals surface area contributed by atoms with Gasteiger partial charge in [0.05, 0.1) is 7.11 Å². The average Bonchev–Trinajstić information content (AvgIpc) is 2.63. The van der Waals surface area contributed by atoms with Crippen molar-refractivity contribution in [3.05, 3.63) is 67.0 Å². The number of nitrogens with one attached hydrogen (secondary N) is 2. The van der Waals surface area contributed by atoms with E-state index in [4.69, 9.17) is 0 Å². The van der Waals surface area contributed by atoms with Gasteiger partial charge in [0.2, 0.25) is 0 Å². The first-order chi connectivity index (χ1) is 11.7. The van der Waals surface area contributed by atoms with Gasteiger partial charge in [-0.25, -0.2) is 14.8 Å². The smallest absolute Gasteiger partial charge is 0.412 e. The number of methoxy groups -OCH3 is 1. The summed E-state index contributed by atoms with van der Waals surface area (Å²) in [4.78, 5) is 19.7. The van der Waals surface area contributed by atoms with Crippen LogP contribution in [0.3, 0.4) is 0 Å². The predicted octanol–water partition coefficient (Wildman–Crippen LogP) is 4.07. The molecule has 0 saturated carbocycles. The highest BCUT2D eigenvalue weighted by atomic mass is 16.5. The molecule has 0 aliphatic carbocycles. The van der Waals surface area contributed by atoms with Gasteiger partial charge >= 0.3 is 6.09 Å². The summed E-state index contributed by atoms with van der Waals surface area (Å²) >= 11 is 0. The molecule has 0 spiro atoms. The Labute approximate surface area is 139 Å². The molecule has 0 unspecified atom stereocenters. The van der Waals surface area contributed by atoms with Crippen molar-refractivity contribution < 1.29 is 9.53 Å². The molecule has 0 aliphatic heterocycles. The third-order valence-corrected chi connectivity index (χ3v) is 3.31. The Bertz CT molecular complexity index is 837. The highest BCUT2D eigenvalue weighted by molar-refractivity contribution is 5.84. The van der Waals surface area contributed by atoms with Crippen molar-refractivity contribution in [3.8, 4) is 11.1 Å². The Hall–Kier alpha value is -3.41. The number of aromatic nitrogens is 2. The zero-order valence-corrected chi connectivity index (χ0v) is 13.1. The minimum absolute atomic E-state index is 0.425. The standard InChI is InChI=1S/C18H16N4O2/c1-24-18(23)22-17-12-14(8-10-20-17)13-7-9-19-16(11-13)21-15-5-3-2-4-6-15/h2-12H,1H3,(H,19,21)(H,20,22,23). The number of hydrogen-bond donors (Lipinski definition) is 2. The lowest BCUT2D eigenvalue weighted by atomic mass is 10.1. The van der Waals surface area contributed by atoms with Crippen molar-refractivity contribution in [1.82, 2.24) is 9.97 Å². The molecular weight excluding hydrogens is 304 g/mol. The molecule has 0 aliphatic rings. The Kier molecular flexibility index (Phi) is 4.67. The summed E-state index contributed by atoms with van der Waals surface area (Å²) in [5.74, 6) is 1.16. The molecule has 3 rings (SSSR count). The van der Waals surface area contributed by atoms with Crippen LogP contribution in [-0.2, 0) is 4.74 Å². The summed E-state index contributed by atoms with van der Waals surface area (Å²) in [6, 6.07) is 17.3. The number of nitrogens with zero attached hydrogens (tertiary/aromatic N) is 2. The number of hydrogen-bond acceptors (Lipinski definition) is 5. The number of carbonyl (C=O) groups is 1. The lowest BCUT2D eigenvalue weighted by molar-refractivity contribution is 0.187. The molecule has 6 heteroatoms. The fourth-order valence-electron chi connectivity index (χ4n) is 2.18. The van der Waals surface area contributed by atoms with E-state index in [2.05, 4.69) is 25.3 Å². The summed E-state index contributed by atoms with van der Waals surface area (Å²) in [5, 5.41) is 5.81. The lowest BCUT2D eigenvalue weighted by Crippen LogP contribution is -2.11. The third kappa shape index (κ3) is 3.86. The summed E-state index contributed by atoms with van der Waals surface area (Å²) < 4.78 is 4.58. The lowest BCUT2D eigenvalue weighted by Gasteiger charge is -2.09. The first kappa shape index (κ1) is 15.5. The summed E-state index contributed by atoms with van der Waals surface area (Å²) in [6.07, 6.45) is 2.81. The fourth-order valence-corrected chi connectivity index (χ4v) is 2.18. The number of benzene rings is 1. The van der Waals surface area contributed by atoms with E-state index in [9.17, 15) is 4.79 Å². The van der Waals surface area contributed by atoms with Crippen LogP contribution in [0, 0.1) is 0 Å². The molecule has 1 amide bonds. The largest absolute Gasteiger partial charge is 0.453 e. The van der Waals surface area contributed by atoms with Crippen molar-refractivity contribution in [2.45, 2.75) is 0 Å². The predicted molar refractivity (Wildman–Crippen MR) is 93.2 cm³/mol. The number of rotatable bonds is 4. The average molecular weight is 320 g/mol. The van der Waals surface area contributed by atoms with Gasteiger partial charge < -0.3 is 10.1 Å². The Morgan fingerprint density at radius 3 is 2.21 bits per heavy atom. The van der Waals surface area contributed by atoms with Crippen LogP contribution in [-0.4, -0.2) is 23.2 Å². The zero-order valence-electron chi connectivity index (χ0n) is 13.1. The van der Waals surface area contributed by atoms with E-state index in [-0.39, 0.29) is 0 Å². The van der Waals surface area contributed by atoms with Gasteiger partial charge in [-0.15, -0.1) is 0 Å². The zero-order chi connectivity index (χ0) is 16.8. The molecule has 0 bridgehead atoms. The highest BCUT2D eigenvalue weighted by Gasteiger charge is 2.05. The number of anilines is 3. The number of para-hydroxylation sites is 1. The van der Waals surface area contributed by atoms with Gasteiger partial charge in [-0.2, -0.15) is 0 Å². The molecule has 6 nitrogen and oxygen atoms in total. The van der Waals surface area contributed by atoms with E-state index in [0.29, 0.717) is 5.82 Å². The topological polar surface area (TPSA) is 76.1 Å². The van der Waals surface area contributed by atoms with E-state index in [1.165, 1.54) is 7.11 Å². The Balaban J connectivity index is 1.83. The van der Waals surface area contributed by atoms with Crippen molar-refractivity contribution in [1.29, 1.82) is 0 Å². The number of pyridine rings is 2. The van der Waals surface area contributed by atoms with Crippen molar-refractivity contribution in [3.63, 3.8) is 0 Å². The van der Waals surface area contributed by atoms with Crippen molar-refractivity contribution >= 4 is 23.4 Å². The van der Waals surface area contributed by atoms with E-state index >= 15 is 0 Å². The van der Waals surface area contributed by atoms with Crippen LogP contribution in [0.2, 0.25) is 0 Å². The van der Waals surface area contributed by atoms with E-state index in [1.807, 2.05) is 48.5 Å².